The fourth-order valence-corrected chi connectivity index (χ4v) is 4.35. The van der Waals surface area contributed by atoms with Crippen LogP contribution in [0, 0.1) is 4.77 Å². The van der Waals surface area contributed by atoms with E-state index in [-0.39, 0.29) is 6.10 Å². The Balaban J connectivity index is 1.87. The van der Waals surface area contributed by atoms with Crippen molar-refractivity contribution in [1.29, 1.82) is 0 Å². The average molecular weight is 528 g/mol. The van der Waals surface area contributed by atoms with Gasteiger partial charge in [0.2, 0.25) is 4.77 Å². The van der Waals surface area contributed by atoms with Gasteiger partial charge < -0.3 is 14.9 Å². The zero-order valence-corrected chi connectivity index (χ0v) is 19.6. The lowest BCUT2D eigenvalue weighted by molar-refractivity contribution is 0.239. The Morgan fingerprint density at radius 2 is 1.89 bits per heavy atom. The van der Waals surface area contributed by atoms with Gasteiger partial charge in [0.05, 0.1) is 34.3 Å². The lowest BCUT2D eigenvalue weighted by Gasteiger charge is -2.16. The summed E-state index contributed by atoms with van der Waals surface area (Å²) < 4.78 is 15.3. The van der Waals surface area contributed by atoms with Crippen LogP contribution in [0.2, 0.25) is 0 Å². The van der Waals surface area contributed by atoms with Crippen molar-refractivity contribution in [2.24, 2.45) is 0 Å². The van der Waals surface area contributed by atoms with E-state index < -0.39 is 0 Å². The first kappa shape index (κ1) is 20.9. The van der Waals surface area contributed by atoms with Crippen LogP contribution in [0.4, 0.5) is 0 Å². The normalized spacial score (nSPS) is 10.9. The van der Waals surface area contributed by atoms with Crippen LogP contribution in [0.1, 0.15) is 19.4 Å². The molecule has 1 aromatic heterocycles. The minimum absolute atomic E-state index is 0.0873. The second-order valence-electron chi connectivity index (χ2n) is 6.28. The maximum Gasteiger partial charge on any atom is 0.214 e. The van der Waals surface area contributed by atoms with Crippen LogP contribution in [0.25, 0.3) is 11.4 Å². The number of ether oxygens (including phenoxy) is 2. The zero-order chi connectivity index (χ0) is 20.3. The van der Waals surface area contributed by atoms with Crippen LogP contribution in [0.15, 0.2) is 45.3 Å². The van der Waals surface area contributed by atoms with Crippen molar-refractivity contribution in [3.8, 4) is 22.9 Å². The first-order valence-electron chi connectivity index (χ1n) is 8.60. The SMILES string of the molecule is COc1ccccc1-c1n[nH]c(=S)n1NCc1cc(Br)c(OC(C)C)c(Br)c1. The van der Waals surface area contributed by atoms with Crippen molar-refractivity contribution >= 4 is 44.1 Å². The average Bonchev–Trinajstić information content (AvgIpc) is 3.03. The molecule has 0 aliphatic rings. The molecule has 3 rings (SSSR count). The molecule has 28 heavy (non-hydrogen) atoms. The number of nitrogens with one attached hydrogen (secondary N) is 2. The van der Waals surface area contributed by atoms with Gasteiger partial charge in [0.25, 0.3) is 0 Å². The maximum atomic E-state index is 5.84. The Hall–Kier alpha value is -1.84. The molecule has 2 N–H and O–H groups in total. The monoisotopic (exact) mass is 526 g/mol. The van der Waals surface area contributed by atoms with Gasteiger partial charge in [-0.2, -0.15) is 5.10 Å². The molecular formula is C19H20Br2N4O2S. The van der Waals surface area contributed by atoms with E-state index in [0.717, 1.165) is 31.6 Å². The number of benzene rings is 2. The Bertz CT molecular complexity index is 1010. The highest BCUT2D eigenvalue weighted by Crippen LogP contribution is 2.35. The first-order chi connectivity index (χ1) is 13.4. The summed E-state index contributed by atoms with van der Waals surface area (Å²) in [4.78, 5) is 0. The zero-order valence-electron chi connectivity index (χ0n) is 15.6. The first-order valence-corrected chi connectivity index (χ1v) is 10.6. The summed E-state index contributed by atoms with van der Waals surface area (Å²) in [6, 6.07) is 11.7. The van der Waals surface area contributed by atoms with E-state index in [1.165, 1.54) is 0 Å². The van der Waals surface area contributed by atoms with E-state index in [2.05, 4.69) is 47.5 Å². The Morgan fingerprint density at radius 3 is 2.54 bits per heavy atom. The van der Waals surface area contributed by atoms with Gasteiger partial charge in [-0.3, -0.25) is 0 Å². The quantitative estimate of drug-likeness (QED) is 0.387. The Morgan fingerprint density at radius 1 is 1.21 bits per heavy atom. The highest BCUT2D eigenvalue weighted by molar-refractivity contribution is 9.11. The maximum absolute atomic E-state index is 5.84. The number of hydrogen-bond donors (Lipinski definition) is 2. The van der Waals surface area contributed by atoms with Gasteiger partial charge in [-0.1, -0.05) is 12.1 Å². The summed E-state index contributed by atoms with van der Waals surface area (Å²) in [6.45, 7) is 4.53. The molecule has 0 amide bonds. The molecule has 0 aliphatic heterocycles. The van der Waals surface area contributed by atoms with Gasteiger partial charge in [0.15, 0.2) is 5.82 Å². The number of rotatable bonds is 7. The number of methoxy groups -OCH3 is 1. The highest BCUT2D eigenvalue weighted by Gasteiger charge is 2.14. The van der Waals surface area contributed by atoms with Crippen molar-refractivity contribution in [3.63, 3.8) is 0 Å². The molecule has 2 aromatic carbocycles. The molecular weight excluding hydrogens is 508 g/mol. The van der Waals surface area contributed by atoms with Gasteiger partial charge in [0.1, 0.15) is 11.5 Å². The number of hydrogen-bond acceptors (Lipinski definition) is 5. The molecule has 148 valence electrons. The van der Waals surface area contributed by atoms with E-state index >= 15 is 0 Å². The van der Waals surface area contributed by atoms with Crippen LogP contribution >= 0.6 is 44.1 Å². The highest BCUT2D eigenvalue weighted by atomic mass is 79.9. The van der Waals surface area contributed by atoms with Crippen molar-refractivity contribution in [3.05, 3.63) is 55.7 Å². The third kappa shape index (κ3) is 4.59. The second kappa shape index (κ2) is 9.11. The molecule has 0 atom stereocenters. The number of para-hydroxylation sites is 1. The Labute approximate surface area is 185 Å². The van der Waals surface area contributed by atoms with Crippen molar-refractivity contribution in [2.75, 3.05) is 12.5 Å². The van der Waals surface area contributed by atoms with Gasteiger partial charge in [0, 0.05) is 0 Å². The van der Waals surface area contributed by atoms with Crippen molar-refractivity contribution < 1.29 is 9.47 Å². The minimum Gasteiger partial charge on any atom is -0.496 e. The summed E-state index contributed by atoms with van der Waals surface area (Å²) in [6.07, 6.45) is 0.0873. The van der Waals surface area contributed by atoms with E-state index in [0.29, 0.717) is 17.1 Å². The molecule has 0 radical (unpaired) electrons. The van der Waals surface area contributed by atoms with Crippen LogP contribution in [0.5, 0.6) is 11.5 Å². The van der Waals surface area contributed by atoms with Crippen LogP contribution in [-0.4, -0.2) is 28.1 Å². The third-order valence-corrected chi connectivity index (χ3v) is 5.33. The number of aromatic nitrogens is 3. The Kier molecular flexibility index (Phi) is 6.79. The number of aromatic amines is 1. The number of nitrogens with zero attached hydrogens (tertiary/aromatic N) is 2. The van der Waals surface area contributed by atoms with Crippen molar-refractivity contribution in [1.82, 2.24) is 14.9 Å². The van der Waals surface area contributed by atoms with Crippen LogP contribution in [-0.2, 0) is 6.54 Å². The van der Waals surface area contributed by atoms with E-state index in [1.807, 2.05) is 50.2 Å². The molecule has 9 heteroatoms. The fourth-order valence-electron chi connectivity index (χ4n) is 2.69. The summed E-state index contributed by atoms with van der Waals surface area (Å²) in [7, 11) is 1.63. The number of halogens is 2. The summed E-state index contributed by atoms with van der Waals surface area (Å²) in [5, 5.41) is 7.19. The summed E-state index contributed by atoms with van der Waals surface area (Å²) in [5.41, 5.74) is 5.21. The molecule has 0 aliphatic carbocycles. The van der Waals surface area contributed by atoms with Gasteiger partial charge in [-0.15, -0.1) is 0 Å². The standard InChI is InChI=1S/C19H20Br2N4O2S/c1-11(2)27-17-14(20)8-12(9-15(17)21)10-22-25-18(23-24-19(25)28)13-6-4-5-7-16(13)26-3/h4-9,11,22H,10H2,1-3H3,(H,24,28). The molecule has 0 saturated heterocycles. The molecule has 0 spiro atoms. The minimum atomic E-state index is 0.0873. The molecule has 0 saturated carbocycles. The molecule has 6 nitrogen and oxygen atoms in total. The van der Waals surface area contributed by atoms with E-state index in [1.54, 1.807) is 11.8 Å². The lowest BCUT2D eigenvalue weighted by Crippen LogP contribution is -2.16. The van der Waals surface area contributed by atoms with Gasteiger partial charge in [-0.05, 0) is 87.8 Å². The number of H-pyrrole nitrogens is 1. The summed E-state index contributed by atoms with van der Waals surface area (Å²) >= 11 is 12.6. The third-order valence-electron chi connectivity index (χ3n) is 3.87. The van der Waals surface area contributed by atoms with E-state index in [9.17, 15) is 0 Å². The molecule has 3 aromatic rings. The van der Waals surface area contributed by atoms with Gasteiger partial charge >= 0.3 is 0 Å². The predicted octanol–water partition coefficient (Wildman–Crippen LogP) is 5.67. The molecule has 1 heterocycles. The topological polar surface area (TPSA) is 64.1 Å². The van der Waals surface area contributed by atoms with E-state index in [4.69, 9.17) is 21.7 Å². The summed E-state index contributed by atoms with van der Waals surface area (Å²) in [5.74, 6) is 2.16. The smallest absolute Gasteiger partial charge is 0.214 e. The fraction of sp³-hybridized carbons (Fsp3) is 0.263. The van der Waals surface area contributed by atoms with Crippen LogP contribution in [0.3, 0.4) is 0 Å². The predicted molar refractivity (Wildman–Crippen MR) is 120 cm³/mol. The van der Waals surface area contributed by atoms with Crippen molar-refractivity contribution in [2.45, 2.75) is 26.5 Å². The lowest BCUT2D eigenvalue weighted by atomic mass is 10.2. The largest absolute Gasteiger partial charge is 0.496 e. The molecule has 0 fully saturated rings. The van der Waals surface area contributed by atoms with Crippen LogP contribution < -0.4 is 14.9 Å². The van der Waals surface area contributed by atoms with Gasteiger partial charge in [-0.25, -0.2) is 9.77 Å². The molecule has 0 unspecified atom stereocenters. The second-order valence-corrected chi connectivity index (χ2v) is 8.37. The molecule has 0 bridgehead atoms.